The van der Waals surface area contributed by atoms with Crippen LogP contribution >= 0.6 is 0 Å². The summed E-state index contributed by atoms with van der Waals surface area (Å²) in [5.74, 6) is 2.31. The Bertz CT molecular complexity index is 401. The lowest BCUT2D eigenvalue weighted by Crippen LogP contribution is -2.39. The average molecular weight is 293 g/mol. The molecular weight excluding hydrogens is 266 g/mol. The van der Waals surface area contributed by atoms with Gasteiger partial charge in [0.05, 0.1) is 7.11 Å². The Morgan fingerprint density at radius 3 is 2.43 bits per heavy atom. The first kappa shape index (κ1) is 16.1. The highest BCUT2D eigenvalue weighted by atomic mass is 16.5. The standard InChI is InChI=1S/C17H27NO3/c1-13(14-5-3-4-6-14)18-11-15(19)12-21-17-9-7-16(20-2)8-10-17/h7-10,13-15,18-19H,3-6,11-12H2,1-2H3/t13-,15?/m0/s1. The number of hydrogen-bond donors (Lipinski definition) is 2. The van der Waals surface area contributed by atoms with Crippen LogP contribution in [0.1, 0.15) is 32.6 Å². The fourth-order valence-corrected chi connectivity index (χ4v) is 2.87. The summed E-state index contributed by atoms with van der Waals surface area (Å²) in [6.45, 7) is 3.09. The molecule has 1 unspecified atom stereocenters. The van der Waals surface area contributed by atoms with E-state index in [1.807, 2.05) is 24.3 Å². The van der Waals surface area contributed by atoms with Gasteiger partial charge >= 0.3 is 0 Å². The van der Waals surface area contributed by atoms with Gasteiger partial charge in [0.2, 0.25) is 0 Å². The van der Waals surface area contributed by atoms with Gasteiger partial charge < -0.3 is 19.9 Å². The van der Waals surface area contributed by atoms with Gasteiger partial charge in [-0.2, -0.15) is 0 Å². The largest absolute Gasteiger partial charge is 0.497 e. The Labute approximate surface area is 127 Å². The van der Waals surface area contributed by atoms with E-state index in [9.17, 15) is 5.11 Å². The van der Waals surface area contributed by atoms with Crippen molar-refractivity contribution in [2.24, 2.45) is 5.92 Å². The maximum Gasteiger partial charge on any atom is 0.119 e. The minimum Gasteiger partial charge on any atom is -0.497 e. The Kier molecular flexibility index (Phi) is 6.33. The van der Waals surface area contributed by atoms with Crippen molar-refractivity contribution in [1.29, 1.82) is 0 Å². The van der Waals surface area contributed by atoms with Crippen molar-refractivity contribution < 1.29 is 14.6 Å². The highest BCUT2D eigenvalue weighted by molar-refractivity contribution is 5.31. The topological polar surface area (TPSA) is 50.7 Å². The SMILES string of the molecule is COc1ccc(OCC(O)CN[C@@H](C)C2CCCC2)cc1. The Hall–Kier alpha value is -1.26. The van der Waals surface area contributed by atoms with E-state index in [1.54, 1.807) is 7.11 Å². The molecule has 0 amide bonds. The van der Waals surface area contributed by atoms with Crippen LogP contribution in [0.15, 0.2) is 24.3 Å². The molecule has 0 aromatic heterocycles. The van der Waals surface area contributed by atoms with Crippen LogP contribution in [0.5, 0.6) is 11.5 Å². The summed E-state index contributed by atoms with van der Waals surface area (Å²) in [4.78, 5) is 0. The molecule has 0 saturated heterocycles. The summed E-state index contributed by atoms with van der Waals surface area (Å²) >= 11 is 0. The van der Waals surface area contributed by atoms with Crippen molar-refractivity contribution in [3.63, 3.8) is 0 Å². The molecule has 118 valence electrons. The molecule has 0 heterocycles. The smallest absolute Gasteiger partial charge is 0.119 e. The second-order valence-corrected chi connectivity index (χ2v) is 5.88. The lowest BCUT2D eigenvalue weighted by atomic mass is 10.00. The number of nitrogens with one attached hydrogen (secondary N) is 1. The summed E-state index contributed by atoms with van der Waals surface area (Å²) < 4.78 is 10.7. The number of rotatable bonds is 8. The molecular formula is C17H27NO3. The van der Waals surface area contributed by atoms with E-state index in [4.69, 9.17) is 9.47 Å². The van der Waals surface area contributed by atoms with Crippen molar-refractivity contribution in [2.45, 2.75) is 44.8 Å². The maximum absolute atomic E-state index is 9.99. The van der Waals surface area contributed by atoms with E-state index in [0.717, 1.165) is 17.4 Å². The van der Waals surface area contributed by atoms with Gasteiger partial charge in [-0.1, -0.05) is 12.8 Å². The third-order valence-corrected chi connectivity index (χ3v) is 4.28. The lowest BCUT2D eigenvalue weighted by molar-refractivity contribution is 0.102. The molecule has 1 aliphatic carbocycles. The molecule has 2 atom stereocenters. The summed E-state index contributed by atoms with van der Waals surface area (Å²) in [6, 6.07) is 7.87. The molecule has 2 N–H and O–H groups in total. The zero-order valence-corrected chi connectivity index (χ0v) is 13.0. The molecule has 21 heavy (non-hydrogen) atoms. The molecule has 0 aliphatic heterocycles. The zero-order chi connectivity index (χ0) is 15.1. The fraction of sp³-hybridized carbons (Fsp3) is 0.647. The van der Waals surface area contributed by atoms with E-state index in [0.29, 0.717) is 19.2 Å². The minimum atomic E-state index is -0.490. The first-order valence-corrected chi connectivity index (χ1v) is 7.87. The molecule has 4 heteroatoms. The second kappa shape index (κ2) is 8.25. The number of methoxy groups -OCH3 is 1. The van der Waals surface area contributed by atoms with Gasteiger partial charge in [-0.15, -0.1) is 0 Å². The molecule has 0 spiro atoms. The highest BCUT2D eigenvalue weighted by Crippen LogP contribution is 2.27. The number of benzene rings is 1. The molecule has 1 aromatic rings. The average Bonchev–Trinajstić information content (AvgIpc) is 3.05. The first-order valence-electron chi connectivity index (χ1n) is 7.87. The van der Waals surface area contributed by atoms with E-state index in [1.165, 1.54) is 25.7 Å². The van der Waals surface area contributed by atoms with Crippen LogP contribution in [0, 0.1) is 5.92 Å². The van der Waals surface area contributed by atoms with Crippen molar-refractivity contribution in [3.8, 4) is 11.5 Å². The van der Waals surface area contributed by atoms with E-state index >= 15 is 0 Å². The number of ether oxygens (including phenoxy) is 2. The summed E-state index contributed by atoms with van der Waals surface area (Å²) in [6.07, 6.45) is 4.83. The Morgan fingerprint density at radius 1 is 1.19 bits per heavy atom. The van der Waals surface area contributed by atoms with Gasteiger partial charge in [0, 0.05) is 12.6 Å². The quantitative estimate of drug-likeness (QED) is 0.773. The first-order chi connectivity index (χ1) is 10.2. The van der Waals surface area contributed by atoms with E-state index in [2.05, 4.69) is 12.2 Å². The molecule has 1 aromatic carbocycles. The van der Waals surface area contributed by atoms with Gasteiger partial charge in [-0.05, 0) is 49.9 Å². The Morgan fingerprint density at radius 2 is 1.81 bits per heavy atom. The lowest BCUT2D eigenvalue weighted by Gasteiger charge is -2.22. The third kappa shape index (κ3) is 5.21. The van der Waals surface area contributed by atoms with E-state index in [-0.39, 0.29) is 0 Å². The second-order valence-electron chi connectivity index (χ2n) is 5.88. The van der Waals surface area contributed by atoms with Crippen molar-refractivity contribution >= 4 is 0 Å². The van der Waals surface area contributed by atoms with Crippen molar-refractivity contribution in [2.75, 3.05) is 20.3 Å². The van der Waals surface area contributed by atoms with Crippen LogP contribution < -0.4 is 14.8 Å². The maximum atomic E-state index is 9.99. The highest BCUT2D eigenvalue weighted by Gasteiger charge is 2.21. The van der Waals surface area contributed by atoms with Crippen LogP contribution in [-0.2, 0) is 0 Å². The fourth-order valence-electron chi connectivity index (χ4n) is 2.87. The van der Waals surface area contributed by atoms with Crippen LogP contribution in [0.25, 0.3) is 0 Å². The van der Waals surface area contributed by atoms with Gasteiger partial charge in [0.15, 0.2) is 0 Å². The van der Waals surface area contributed by atoms with E-state index < -0.39 is 6.10 Å². The number of aliphatic hydroxyl groups is 1. The van der Waals surface area contributed by atoms with Gasteiger partial charge in [-0.25, -0.2) is 0 Å². The third-order valence-electron chi connectivity index (χ3n) is 4.28. The minimum absolute atomic E-state index is 0.302. The molecule has 1 aliphatic rings. The van der Waals surface area contributed by atoms with Gasteiger partial charge in [-0.3, -0.25) is 0 Å². The van der Waals surface area contributed by atoms with Crippen molar-refractivity contribution in [3.05, 3.63) is 24.3 Å². The number of hydrogen-bond acceptors (Lipinski definition) is 4. The molecule has 0 radical (unpaired) electrons. The van der Waals surface area contributed by atoms with Crippen LogP contribution in [0.3, 0.4) is 0 Å². The summed E-state index contributed by atoms with van der Waals surface area (Å²) in [5.41, 5.74) is 0. The molecule has 2 rings (SSSR count). The van der Waals surface area contributed by atoms with Gasteiger partial charge in [0.25, 0.3) is 0 Å². The number of aliphatic hydroxyl groups excluding tert-OH is 1. The molecule has 1 saturated carbocycles. The van der Waals surface area contributed by atoms with Crippen LogP contribution in [0.4, 0.5) is 0 Å². The van der Waals surface area contributed by atoms with Gasteiger partial charge in [0.1, 0.15) is 24.2 Å². The molecule has 1 fully saturated rings. The van der Waals surface area contributed by atoms with Crippen LogP contribution in [-0.4, -0.2) is 37.5 Å². The molecule has 0 bridgehead atoms. The predicted molar refractivity (Wildman–Crippen MR) is 83.9 cm³/mol. The Balaban J connectivity index is 1.65. The summed E-state index contributed by atoms with van der Waals surface area (Å²) in [7, 11) is 1.64. The normalized spacial score (nSPS) is 18.4. The predicted octanol–water partition coefficient (Wildman–Crippen LogP) is 2.60. The molecule has 4 nitrogen and oxygen atoms in total. The summed E-state index contributed by atoms with van der Waals surface area (Å²) in [5, 5.41) is 13.4. The monoisotopic (exact) mass is 293 g/mol. The van der Waals surface area contributed by atoms with Crippen LogP contribution in [0.2, 0.25) is 0 Å². The van der Waals surface area contributed by atoms with Crippen molar-refractivity contribution in [1.82, 2.24) is 5.32 Å². The zero-order valence-electron chi connectivity index (χ0n) is 13.0.